The zero-order chi connectivity index (χ0) is 13.4. The predicted octanol–water partition coefficient (Wildman–Crippen LogP) is 4.41. The van der Waals surface area contributed by atoms with Gasteiger partial charge in [-0.15, -0.1) is 0 Å². The lowest BCUT2D eigenvalue weighted by molar-refractivity contribution is 0.628. The predicted molar refractivity (Wildman–Crippen MR) is 78.7 cm³/mol. The van der Waals surface area contributed by atoms with Crippen LogP contribution in [0, 0.1) is 5.82 Å². The summed E-state index contributed by atoms with van der Waals surface area (Å²) in [6, 6.07) is 9.64. The second kappa shape index (κ2) is 4.68. The monoisotopic (exact) mass is 293 g/mol. The van der Waals surface area contributed by atoms with Crippen LogP contribution >= 0.6 is 22.9 Å². The minimum atomic E-state index is -0.350. The summed E-state index contributed by atoms with van der Waals surface area (Å²) in [5.74, 6) is -0.350. The number of nitrogen functional groups attached to an aromatic ring is 1. The van der Waals surface area contributed by atoms with Gasteiger partial charge in [-0.25, -0.2) is 9.37 Å². The van der Waals surface area contributed by atoms with Crippen LogP contribution in [0.1, 0.15) is 0 Å². The molecule has 0 aliphatic rings. The standard InChI is InChI=1S/C13H9ClFN3S/c14-9-3-1-7(15)5-11(9)18-13-17-10-4-2-8(16)6-12(10)19-13/h1-6H,16H2,(H,17,18). The summed E-state index contributed by atoms with van der Waals surface area (Å²) in [5, 5.41) is 4.11. The van der Waals surface area contributed by atoms with E-state index >= 15 is 0 Å². The average molecular weight is 294 g/mol. The number of hydrogen-bond acceptors (Lipinski definition) is 4. The number of aromatic nitrogens is 1. The normalized spacial score (nSPS) is 10.8. The molecule has 0 fully saturated rings. The molecule has 3 rings (SSSR count). The third-order valence-electron chi connectivity index (χ3n) is 2.58. The highest BCUT2D eigenvalue weighted by Crippen LogP contribution is 2.32. The molecule has 0 spiro atoms. The molecular weight excluding hydrogens is 285 g/mol. The molecule has 0 radical (unpaired) electrons. The maximum absolute atomic E-state index is 13.2. The minimum absolute atomic E-state index is 0.350. The number of nitrogens with one attached hydrogen (secondary N) is 1. The fraction of sp³-hybridized carbons (Fsp3) is 0. The molecule has 0 saturated heterocycles. The van der Waals surface area contributed by atoms with Crippen LogP contribution in [0.3, 0.4) is 0 Å². The fourth-order valence-corrected chi connectivity index (χ4v) is 2.79. The van der Waals surface area contributed by atoms with Crippen molar-refractivity contribution in [2.75, 3.05) is 11.1 Å². The number of rotatable bonds is 2. The SMILES string of the molecule is Nc1ccc2nc(Nc3cc(F)ccc3Cl)sc2c1. The lowest BCUT2D eigenvalue weighted by Gasteiger charge is -2.04. The van der Waals surface area contributed by atoms with Crippen LogP contribution in [-0.4, -0.2) is 4.98 Å². The highest BCUT2D eigenvalue weighted by Gasteiger charge is 2.07. The van der Waals surface area contributed by atoms with Crippen LogP contribution in [0.5, 0.6) is 0 Å². The van der Waals surface area contributed by atoms with Gasteiger partial charge in [0.2, 0.25) is 0 Å². The van der Waals surface area contributed by atoms with Gasteiger partial charge in [0, 0.05) is 5.69 Å². The largest absolute Gasteiger partial charge is 0.399 e. The van der Waals surface area contributed by atoms with Gasteiger partial charge in [0.1, 0.15) is 5.82 Å². The Kier molecular flexibility index (Phi) is 3.00. The summed E-state index contributed by atoms with van der Waals surface area (Å²) in [4.78, 5) is 4.39. The molecule has 0 atom stereocenters. The molecule has 1 heterocycles. The van der Waals surface area contributed by atoms with E-state index in [2.05, 4.69) is 10.3 Å². The van der Waals surface area contributed by atoms with E-state index in [9.17, 15) is 4.39 Å². The maximum Gasteiger partial charge on any atom is 0.188 e. The Labute approximate surface area is 117 Å². The molecule has 0 aliphatic carbocycles. The van der Waals surface area contributed by atoms with Gasteiger partial charge in [0.15, 0.2) is 5.13 Å². The molecule has 3 nitrogen and oxygen atoms in total. The van der Waals surface area contributed by atoms with Gasteiger partial charge in [-0.05, 0) is 36.4 Å². The van der Waals surface area contributed by atoms with Gasteiger partial charge in [-0.2, -0.15) is 0 Å². The Morgan fingerprint density at radius 3 is 2.89 bits per heavy atom. The van der Waals surface area contributed by atoms with Crippen molar-refractivity contribution in [1.29, 1.82) is 0 Å². The van der Waals surface area contributed by atoms with Crippen molar-refractivity contribution < 1.29 is 4.39 Å². The zero-order valence-corrected chi connectivity index (χ0v) is 11.2. The third-order valence-corrected chi connectivity index (χ3v) is 3.85. The van der Waals surface area contributed by atoms with E-state index < -0.39 is 0 Å². The third kappa shape index (κ3) is 2.47. The first kappa shape index (κ1) is 12.2. The van der Waals surface area contributed by atoms with E-state index in [0.29, 0.717) is 21.5 Å². The van der Waals surface area contributed by atoms with Gasteiger partial charge >= 0.3 is 0 Å². The molecule has 0 saturated carbocycles. The molecule has 19 heavy (non-hydrogen) atoms. The van der Waals surface area contributed by atoms with Crippen molar-refractivity contribution in [3.63, 3.8) is 0 Å². The molecule has 0 aliphatic heterocycles. The van der Waals surface area contributed by atoms with Gasteiger partial charge in [-0.1, -0.05) is 22.9 Å². The lowest BCUT2D eigenvalue weighted by atomic mass is 10.3. The summed E-state index contributed by atoms with van der Waals surface area (Å²) in [6.07, 6.45) is 0. The van der Waals surface area contributed by atoms with E-state index in [1.807, 2.05) is 12.1 Å². The summed E-state index contributed by atoms with van der Waals surface area (Å²) < 4.78 is 14.1. The topological polar surface area (TPSA) is 50.9 Å². The number of nitrogens with two attached hydrogens (primary N) is 1. The molecule has 3 N–H and O–H groups in total. The molecule has 6 heteroatoms. The van der Waals surface area contributed by atoms with Crippen LogP contribution in [0.25, 0.3) is 10.2 Å². The minimum Gasteiger partial charge on any atom is -0.399 e. The zero-order valence-electron chi connectivity index (χ0n) is 9.65. The first-order chi connectivity index (χ1) is 9.11. The molecule has 2 aromatic carbocycles. The van der Waals surface area contributed by atoms with Gasteiger partial charge < -0.3 is 11.1 Å². The maximum atomic E-state index is 13.2. The van der Waals surface area contributed by atoms with E-state index in [1.165, 1.54) is 29.5 Å². The molecular formula is C13H9ClFN3S. The van der Waals surface area contributed by atoms with Crippen LogP contribution in [-0.2, 0) is 0 Å². The van der Waals surface area contributed by atoms with Crippen molar-refractivity contribution in [2.45, 2.75) is 0 Å². The molecule has 0 amide bonds. The molecule has 96 valence electrons. The number of nitrogens with zero attached hydrogens (tertiary/aromatic N) is 1. The van der Waals surface area contributed by atoms with E-state index in [4.69, 9.17) is 17.3 Å². The van der Waals surface area contributed by atoms with E-state index in [-0.39, 0.29) is 5.82 Å². The Morgan fingerprint density at radius 2 is 2.05 bits per heavy atom. The van der Waals surface area contributed by atoms with Gasteiger partial charge in [0.05, 0.1) is 20.9 Å². The van der Waals surface area contributed by atoms with Crippen LogP contribution in [0.2, 0.25) is 5.02 Å². The van der Waals surface area contributed by atoms with Gasteiger partial charge in [0.25, 0.3) is 0 Å². The average Bonchev–Trinajstić information content (AvgIpc) is 2.75. The lowest BCUT2D eigenvalue weighted by Crippen LogP contribution is -1.91. The summed E-state index contributed by atoms with van der Waals surface area (Å²) in [5.41, 5.74) is 7.74. The number of thiazole rings is 1. The first-order valence-electron chi connectivity index (χ1n) is 5.50. The number of fused-ring (bicyclic) bond motifs is 1. The van der Waals surface area contributed by atoms with E-state index in [1.54, 1.807) is 6.07 Å². The van der Waals surface area contributed by atoms with Crippen molar-refractivity contribution in [3.05, 3.63) is 47.2 Å². The Bertz CT molecular complexity index is 757. The second-order valence-corrected chi connectivity index (χ2v) is 5.43. The Hall–Kier alpha value is -1.85. The van der Waals surface area contributed by atoms with E-state index in [0.717, 1.165) is 10.2 Å². The van der Waals surface area contributed by atoms with Crippen LogP contribution < -0.4 is 11.1 Å². The van der Waals surface area contributed by atoms with Crippen molar-refractivity contribution in [2.24, 2.45) is 0 Å². The number of halogens is 2. The van der Waals surface area contributed by atoms with Crippen molar-refractivity contribution >= 4 is 49.7 Å². The fourth-order valence-electron chi connectivity index (χ4n) is 1.70. The highest BCUT2D eigenvalue weighted by atomic mass is 35.5. The smallest absolute Gasteiger partial charge is 0.188 e. The second-order valence-electron chi connectivity index (χ2n) is 4.00. The highest BCUT2D eigenvalue weighted by molar-refractivity contribution is 7.22. The van der Waals surface area contributed by atoms with Crippen molar-refractivity contribution in [1.82, 2.24) is 4.98 Å². The molecule has 3 aromatic rings. The summed E-state index contributed by atoms with van der Waals surface area (Å²) >= 11 is 7.44. The number of hydrogen-bond donors (Lipinski definition) is 2. The van der Waals surface area contributed by atoms with Crippen molar-refractivity contribution in [3.8, 4) is 0 Å². The molecule has 0 unspecified atom stereocenters. The number of benzene rings is 2. The Balaban J connectivity index is 1.98. The van der Waals surface area contributed by atoms with Crippen LogP contribution in [0.4, 0.5) is 20.9 Å². The van der Waals surface area contributed by atoms with Gasteiger partial charge in [-0.3, -0.25) is 0 Å². The summed E-state index contributed by atoms with van der Waals surface area (Å²) in [7, 11) is 0. The molecule has 1 aromatic heterocycles. The first-order valence-corrected chi connectivity index (χ1v) is 6.69. The quantitative estimate of drug-likeness (QED) is 0.688. The van der Waals surface area contributed by atoms with Crippen LogP contribution in [0.15, 0.2) is 36.4 Å². The Morgan fingerprint density at radius 1 is 1.21 bits per heavy atom. The summed E-state index contributed by atoms with van der Waals surface area (Å²) in [6.45, 7) is 0. The molecule has 0 bridgehead atoms. The number of anilines is 3.